The highest BCUT2D eigenvalue weighted by Crippen LogP contribution is 2.15. The van der Waals surface area contributed by atoms with Gasteiger partial charge >= 0.3 is 5.97 Å². The second-order valence-corrected chi connectivity index (χ2v) is 6.98. The van der Waals surface area contributed by atoms with E-state index in [1.54, 1.807) is 12.1 Å². The summed E-state index contributed by atoms with van der Waals surface area (Å²) in [4.78, 5) is 29.0. The Hall–Kier alpha value is -2.18. The van der Waals surface area contributed by atoms with Crippen LogP contribution < -0.4 is 5.73 Å². The minimum Gasteiger partial charge on any atom is -0.469 e. The van der Waals surface area contributed by atoms with Gasteiger partial charge in [0.2, 0.25) is 0 Å². The summed E-state index contributed by atoms with van der Waals surface area (Å²) >= 11 is 0. The number of ketones is 1. The maximum absolute atomic E-state index is 12.3. The largest absolute Gasteiger partial charge is 0.469 e. The summed E-state index contributed by atoms with van der Waals surface area (Å²) in [7, 11) is 3.48. The molecule has 1 aliphatic rings. The molecular formula is C20H29N3O3. The van der Waals surface area contributed by atoms with Crippen LogP contribution in [0.1, 0.15) is 22.3 Å². The minimum atomic E-state index is -0.370. The van der Waals surface area contributed by atoms with Crippen LogP contribution in [0.25, 0.3) is 0 Å². The molecule has 0 saturated carbocycles. The van der Waals surface area contributed by atoms with Crippen LogP contribution in [0.3, 0.4) is 0 Å². The lowest BCUT2D eigenvalue weighted by atomic mass is 10.0. The van der Waals surface area contributed by atoms with Gasteiger partial charge in [0.15, 0.2) is 5.78 Å². The highest BCUT2D eigenvalue weighted by molar-refractivity contribution is 6.04. The molecule has 1 aliphatic heterocycles. The van der Waals surface area contributed by atoms with Gasteiger partial charge in [-0.2, -0.15) is 0 Å². The van der Waals surface area contributed by atoms with Crippen LogP contribution in [-0.2, 0) is 9.53 Å². The Bertz CT molecular complexity index is 647. The topological polar surface area (TPSA) is 75.9 Å². The summed E-state index contributed by atoms with van der Waals surface area (Å²) in [5, 5.41) is 0. The first kappa shape index (κ1) is 20.1. The highest BCUT2D eigenvalue weighted by atomic mass is 16.5. The van der Waals surface area contributed by atoms with Gasteiger partial charge in [-0.1, -0.05) is 29.8 Å². The summed E-state index contributed by atoms with van der Waals surface area (Å²) in [5.41, 5.74) is 8.16. The fraction of sp³-hybridized carbons (Fsp3) is 0.500. The zero-order chi connectivity index (χ0) is 19.1. The minimum absolute atomic E-state index is 0.147. The van der Waals surface area contributed by atoms with Gasteiger partial charge in [0.25, 0.3) is 0 Å². The van der Waals surface area contributed by atoms with E-state index in [2.05, 4.69) is 16.8 Å². The third-order valence-electron chi connectivity index (χ3n) is 4.74. The quantitative estimate of drug-likeness (QED) is 0.451. The Balaban J connectivity index is 2.00. The molecule has 0 radical (unpaired) electrons. The molecule has 1 fully saturated rings. The maximum Gasteiger partial charge on any atom is 0.310 e. The van der Waals surface area contributed by atoms with Gasteiger partial charge in [-0.25, -0.2) is 0 Å². The Morgan fingerprint density at radius 3 is 2.38 bits per heavy atom. The molecule has 6 heteroatoms. The van der Waals surface area contributed by atoms with Gasteiger partial charge in [0.05, 0.1) is 13.0 Å². The monoisotopic (exact) mass is 359 g/mol. The van der Waals surface area contributed by atoms with Crippen LogP contribution in [0.5, 0.6) is 0 Å². The average molecular weight is 359 g/mol. The van der Waals surface area contributed by atoms with Crippen molar-refractivity contribution in [1.82, 2.24) is 9.80 Å². The second-order valence-electron chi connectivity index (χ2n) is 6.98. The third kappa shape index (κ3) is 5.97. The van der Waals surface area contributed by atoms with Crippen molar-refractivity contribution in [3.63, 3.8) is 0 Å². The molecule has 1 unspecified atom stereocenters. The number of methoxy groups -OCH3 is 1. The molecule has 1 saturated heterocycles. The smallest absolute Gasteiger partial charge is 0.310 e. The van der Waals surface area contributed by atoms with Crippen molar-refractivity contribution < 1.29 is 14.3 Å². The van der Waals surface area contributed by atoms with Gasteiger partial charge in [-0.15, -0.1) is 0 Å². The molecule has 1 aromatic carbocycles. The third-order valence-corrected chi connectivity index (χ3v) is 4.74. The summed E-state index contributed by atoms with van der Waals surface area (Å²) < 4.78 is 4.93. The van der Waals surface area contributed by atoms with Gasteiger partial charge in [-0.3, -0.25) is 14.5 Å². The zero-order valence-corrected chi connectivity index (χ0v) is 15.9. The number of nitrogens with two attached hydrogens (primary N) is 1. The predicted molar refractivity (Wildman–Crippen MR) is 102 cm³/mol. The number of hydrogen-bond acceptors (Lipinski definition) is 6. The molecule has 0 aliphatic carbocycles. The Morgan fingerprint density at radius 2 is 1.81 bits per heavy atom. The molecule has 6 nitrogen and oxygen atoms in total. The molecule has 142 valence electrons. The van der Waals surface area contributed by atoms with Crippen LogP contribution in [-0.4, -0.2) is 68.4 Å². The van der Waals surface area contributed by atoms with E-state index in [9.17, 15) is 9.59 Å². The van der Waals surface area contributed by atoms with Crippen LogP contribution in [0.2, 0.25) is 0 Å². The van der Waals surface area contributed by atoms with Crippen LogP contribution in [0.4, 0.5) is 0 Å². The molecule has 2 N–H and O–H groups in total. The lowest BCUT2D eigenvalue weighted by molar-refractivity contribution is -0.146. The lowest BCUT2D eigenvalue weighted by Gasteiger charge is -2.34. The normalized spacial score (nSPS) is 17.7. The van der Waals surface area contributed by atoms with Crippen LogP contribution in [0, 0.1) is 12.8 Å². The van der Waals surface area contributed by atoms with Gasteiger partial charge < -0.3 is 15.4 Å². The van der Waals surface area contributed by atoms with Crippen molar-refractivity contribution >= 4 is 11.8 Å². The summed E-state index contributed by atoms with van der Waals surface area (Å²) in [5.74, 6) is -0.806. The fourth-order valence-electron chi connectivity index (χ4n) is 3.04. The lowest BCUT2D eigenvalue weighted by Crippen LogP contribution is -2.47. The molecule has 0 aromatic heterocycles. The number of benzene rings is 1. The number of hydrogen-bond donors (Lipinski definition) is 1. The molecule has 2 rings (SSSR count). The number of carbonyl (C=O) groups is 2. The number of piperazine rings is 1. The van der Waals surface area contributed by atoms with E-state index in [0.29, 0.717) is 24.2 Å². The standard InChI is InChI=1S/C20H29N3O3/c1-15-4-6-16(7-5-15)19(24)13-18(21)12-17(20(25)26-3)14-23-10-8-22(2)9-11-23/h4-7,13,17H,8-12,14,21H2,1-3H3/b18-13-. The van der Waals surface area contributed by atoms with E-state index in [4.69, 9.17) is 10.5 Å². The number of esters is 1. The highest BCUT2D eigenvalue weighted by Gasteiger charge is 2.25. The Morgan fingerprint density at radius 1 is 1.19 bits per heavy atom. The molecule has 0 amide bonds. The van der Waals surface area contributed by atoms with Crippen molar-refractivity contribution in [2.24, 2.45) is 11.7 Å². The fourth-order valence-corrected chi connectivity index (χ4v) is 3.04. The van der Waals surface area contributed by atoms with Crippen molar-refractivity contribution in [2.45, 2.75) is 13.3 Å². The predicted octanol–water partition coefficient (Wildman–Crippen LogP) is 1.45. The van der Waals surface area contributed by atoms with Gasteiger partial charge in [0, 0.05) is 56.5 Å². The number of carbonyl (C=O) groups excluding carboxylic acids is 2. The summed E-state index contributed by atoms with van der Waals surface area (Å²) in [6, 6.07) is 7.34. The average Bonchev–Trinajstić information content (AvgIpc) is 2.62. The summed E-state index contributed by atoms with van der Waals surface area (Å²) in [6.45, 7) is 6.34. The van der Waals surface area contributed by atoms with Crippen molar-refractivity contribution in [2.75, 3.05) is 46.9 Å². The van der Waals surface area contributed by atoms with Crippen LogP contribution in [0.15, 0.2) is 36.0 Å². The SMILES string of the molecule is COC(=O)C(C/C(N)=C/C(=O)c1ccc(C)cc1)CN1CCN(C)CC1. The molecule has 0 spiro atoms. The molecule has 26 heavy (non-hydrogen) atoms. The molecular weight excluding hydrogens is 330 g/mol. The van der Waals surface area contributed by atoms with Crippen molar-refractivity contribution in [3.8, 4) is 0 Å². The van der Waals surface area contributed by atoms with E-state index < -0.39 is 0 Å². The second kappa shape index (κ2) is 9.50. The number of rotatable bonds is 7. The molecule has 1 heterocycles. The Labute approximate surface area is 155 Å². The van der Waals surface area contributed by atoms with Crippen molar-refractivity contribution in [1.29, 1.82) is 0 Å². The van der Waals surface area contributed by atoms with Crippen molar-refractivity contribution in [3.05, 3.63) is 47.2 Å². The zero-order valence-electron chi connectivity index (χ0n) is 15.9. The van der Waals surface area contributed by atoms with E-state index in [1.165, 1.54) is 13.2 Å². The number of aryl methyl sites for hydroxylation is 1. The molecule has 1 aromatic rings. The summed E-state index contributed by atoms with van der Waals surface area (Å²) in [6.07, 6.45) is 1.74. The number of ether oxygens (including phenoxy) is 1. The van der Waals surface area contributed by atoms with E-state index in [0.717, 1.165) is 31.7 Å². The number of allylic oxidation sites excluding steroid dienone is 2. The molecule has 1 atom stereocenters. The van der Waals surface area contributed by atoms with E-state index >= 15 is 0 Å². The first-order valence-corrected chi connectivity index (χ1v) is 8.95. The van der Waals surface area contributed by atoms with Gasteiger partial charge in [-0.05, 0) is 14.0 Å². The molecule has 0 bridgehead atoms. The van der Waals surface area contributed by atoms with E-state index in [-0.39, 0.29) is 17.7 Å². The Kier molecular flexibility index (Phi) is 7.36. The number of nitrogens with zero attached hydrogens (tertiary/aromatic N) is 2. The first-order valence-electron chi connectivity index (χ1n) is 8.95. The van der Waals surface area contributed by atoms with Gasteiger partial charge in [0.1, 0.15) is 0 Å². The maximum atomic E-state index is 12.3. The first-order chi connectivity index (χ1) is 12.4. The number of likely N-dealkylation sites (N-methyl/N-ethyl adjacent to an activating group) is 1. The van der Waals surface area contributed by atoms with Crippen LogP contribution >= 0.6 is 0 Å². The van der Waals surface area contributed by atoms with E-state index in [1.807, 2.05) is 19.1 Å².